The number of nitrogens with one attached hydrogen (secondary N) is 1. The molecule has 2 aromatic rings. The van der Waals surface area contributed by atoms with Crippen LogP contribution >= 0.6 is 0 Å². The predicted molar refractivity (Wildman–Crippen MR) is 94.6 cm³/mol. The number of hydrogen-bond donors (Lipinski definition) is 1. The summed E-state index contributed by atoms with van der Waals surface area (Å²) in [6.45, 7) is 4.43. The van der Waals surface area contributed by atoms with Crippen LogP contribution in [-0.4, -0.2) is 40.0 Å². The van der Waals surface area contributed by atoms with Crippen LogP contribution in [0.1, 0.15) is 37.1 Å². The van der Waals surface area contributed by atoms with E-state index >= 15 is 0 Å². The van der Waals surface area contributed by atoms with E-state index in [4.69, 9.17) is 0 Å². The fourth-order valence-corrected chi connectivity index (χ4v) is 3.37. The monoisotopic (exact) mass is 326 g/mol. The average molecular weight is 326 g/mol. The molecular weight excluding hydrogens is 300 g/mol. The maximum absolute atomic E-state index is 12.6. The van der Waals surface area contributed by atoms with Crippen molar-refractivity contribution in [3.05, 3.63) is 54.1 Å². The molecule has 2 atom stereocenters. The molecule has 0 radical (unpaired) electrons. The first-order chi connectivity index (χ1) is 11.6. The lowest BCUT2D eigenvalue weighted by Gasteiger charge is -2.27. The van der Waals surface area contributed by atoms with Crippen molar-refractivity contribution in [3.63, 3.8) is 0 Å². The minimum Gasteiger partial charge on any atom is -0.340 e. The van der Waals surface area contributed by atoms with Crippen LogP contribution in [0, 0.1) is 0 Å². The van der Waals surface area contributed by atoms with Gasteiger partial charge >= 0.3 is 0 Å². The number of fused-ring (bicyclic) bond motifs is 1. The van der Waals surface area contributed by atoms with E-state index < -0.39 is 0 Å². The summed E-state index contributed by atoms with van der Waals surface area (Å²) in [5.74, 6) is 1.66. The molecule has 1 aliphatic heterocycles. The fourth-order valence-electron chi connectivity index (χ4n) is 3.37. The van der Waals surface area contributed by atoms with Gasteiger partial charge in [-0.3, -0.25) is 4.79 Å². The molecule has 2 heterocycles. The molecule has 0 aliphatic carbocycles. The minimum atomic E-state index is -0.191. The van der Waals surface area contributed by atoms with Crippen molar-refractivity contribution in [1.82, 2.24) is 19.8 Å². The van der Waals surface area contributed by atoms with Crippen molar-refractivity contribution in [2.75, 3.05) is 13.6 Å². The van der Waals surface area contributed by atoms with Gasteiger partial charge in [-0.1, -0.05) is 30.3 Å². The summed E-state index contributed by atoms with van der Waals surface area (Å²) in [7, 11) is 1.86. The number of aromatic nitrogens is 2. The zero-order chi connectivity index (χ0) is 16.9. The largest absolute Gasteiger partial charge is 0.340 e. The summed E-state index contributed by atoms with van der Waals surface area (Å²) in [6.07, 6.45) is 6.22. The van der Waals surface area contributed by atoms with E-state index in [0.717, 1.165) is 30.9 Å². The lowest BCUT2D eigenvalue weighted by molar-refractivity contribution is -0.132. The molecule has 24 heavy (non-hydrogen) atoms. The molecule has 0 fully saturated rings. The van der Waals surface area contributed by atoms with Gasteiger partial charge < -0.3 is 14.8 Å². The second kappa shape index (κ2) is 7.62. The summed E-state index contributed by atoms with van der Waals surface area (Å²) < 4.78 is 2.23. The highest BCUT2D eigenvalue weighted by molar-refractivity contribution is 5.81. The number of carbonyl (C=O) groups excluding carboxylic acids is 1. The molecule has 5 heteroatoms. The van der Waals surface area contributed by atoms with Gasteiger partial charge in [-0.15, -0.1) is 0 Å². The number of hydrogen-bond acceptors (Lipinski definition) is 3. The fraction of sp³-hybridized carbons (Fsp3) is 0.474. The molecule has 0 unspecified atom stereocenters. The van der Waals surface area contributed by atoms with Gasteiger partial charge in [0.1, 0.15) is 5.82 Å². The molecule has 1 N–H and O–H groups in total. The zero-order valence-corrected chi connectivity index (χ0v) is 14.5. The Morgan fingerprint density at radius 2 is 2.21 bits per heavy atom. The number of nitrogens with zero attached hydrogens (tertiary/aromatic N) is 3. The number of likely N-dealkylation sites (N-methyl/N-ethyl adjacent to an activating group) is 1. The van der Waals surface area contributed by atoms with Gasteiger partial charge in [0.25, 0.3) is 0 Å². The van der Waals surface area contributed by atoms with E-state index in [1.165, 1.54) is 6.42 Å². The first-order valence-electron chi connectivity index (χ1n) is 8.68. The number of benzene rings is 1. The Balaban J connectivity index is 1.52. The van der Waals surface area contributed by atoms with Crippen LogP contribution in [0.4, 0.5) is 0 Å². The second-order valence-electron chi connectivity index (χ2n) is 6.63. The van der Waals surface area contributed by atoms with Crippen molar-refractivity contribution in [2.45, 2.75) is 44.8 Å². The molecule has 128 valence electrons. The molecule has 0 spiro atoms. The standard InChI is InChI=1S/C19H26N4O/c1-15(19(24)22(2)14-16-7-4-3-5-8-16)21-13-17-9-6-11-23-12-10-20-18(17)23/h3-5,7-8,10,12,15,17,21H,6,9,11,13-14H2,1-2H3/t15-,17+/m1/s1. The highest BCUT2D eigenvalue weighted by Gasteiger charge is 2.24. The van der Waals surface area contributed by atoms with E-state index in [-0.39, 0.29) is 11.9 Å². The smallest absolute Gasteiger partial charge is 0.239 e. The highest BCUT2D eigenvalue weighted by Crippen LogP contribution is 2.24. The number of carbonyl (C=O) groups is 1. The Bertz CT molecular complexity index is 667. The summed E-state index contributed by atoms with van der Waals surface area (Å²) in [6, 6.07) is 9.89. The van der Waals surface area contributed by atoms with Crippen molar-refractivity contribution >= 4 is 5.91 Å². The van der Waals surface area contributed by atoms with Crippen molar-refractivity contribution in [2.24, 2.45) is 0 Å². The molecule has 0 saturated carbocycles. The topological polar surface area (TPSA) is 50.2 Å². The quantitative estimate of drug-likeness (QED) is 0.887. The number of aryl methyl sites for hydroxylation is 1. The van der Waals surface area contributed by atoms with Crippen molar-refractivity contribution in [3.8, 4) is 0 Å². The molecule has 1 aromatic carbocycles. The minimum absolute atomic E-state index is 0.123. The first-order valence-corrected chi connectivity index (χ1v) is 8.68. The zero-order valence-electron chi connectivity index (χ0n) is 14.5. The normalized spacial score (nSPS) is 18.0. The van der Waals surface area contributed by atoms with E-state index in [1.807, 2.05) is 56.7 Å². The number of amides is 1. The third-order valence-electron chi connectivity index (χ3n) is 4.74. The summed E-state index contributed by atoms with van der Waals surface area (Å²) in [5.41, 5.74) is 1.15. The van der Waals surface area contributed by atoms with Crippen LogP contribution in [0.15, 0.2) is 42.7 Å². The Morgan fingerprint density at radius 3 is 3.00 bits per heavy atom. The van der Waals surface area contributed by atoms with Gasteiger partial charge in [0, 0.05) is 45.0 Å². The van der Waals surface area contributed by atoms with Gasteiger partial charge in [0.15, 0.2) is 0 Å². The van der Waals surface area contributed by atoms with Crippen LogP contribution in [0.3, 0.4) is 0 Å². The van der Waals surface area contributed by atoms with Crippen LogP contribution < -0.4 is 5.32 Å². The lowest BCUT2D eigenvalue weighted by atomic mass is 9.98. The molecular formula is C19H26N4O. The van der Waals surface area contributed by atoms with Crippen LogP contribution in [0.5, 0.6) is 0 Å². The van der Waals surface area contributed by atoms with Crippen LogP contribution in [0.25, 0.3) is 0 Å². The summed E-state index contributed by atoms with van der Waals surface area (Å²) in [5, 5.41) is 3.40. The van der Waals surface area contributed by atoms with E-state index in [9.17, 15) is 4.79 Å². The summed E-state index contributed by atoms with van der Waals surface area (Å²) in [4.78, 5) is 18.8. The second-order valence-corrected chi connectivity index (χ2v) is 6.63. The Labute approximate surface area is 143 Å². The third kappa shape index (κ3) is 3.85. The van der Waals surface area contributed by atoms with Gasteiger partial charge in [0.05, 0.1) is 6.04 Å². The van der Waals surface area contributed by atoms with Crippen LogP contribution in [-0.2, 0) is 17.9 Å². The summed E-state index contributed by atoms with van der Waals surface area (Å²) >= 11 is 0. The van der Waals surface area contributed by atoms with Crippen molar-refractivity contribution < 1.29 is 4.79 Å². The highest BCUT2D eigenvalue weighted by atomic mass is 16.2. The molecule has 0 bridgehead atoms. The molecule has 0 saturated heterocycles. The van der Waals surface area contributed by atoms with E-state index in [1.54, 1.807) is 4.90 Å². The van der Waals surface area contributed by atoms with Crippen LogP contribution in [0.2, 0.25) is 0 Å². The maximum atomic E-state index is 12.6. The Morgan fingerprint density at radius 1 is 1.42 bits per heavy atom. The predicted octanol–water partition coefficient (Wildman–Crippen LogP) is 2.40. The number of imidazole rings is 1. The van der Waals surface area contributed by atoms with Gasteiger partial charge in [0.2, 0.25) is 5.91 Å². The molecule has 1 aliphatic rings. The molecule has 5 nitrogen and oxygen atoms in total. The third-order valence-corrected chi connectivity index (χ3v) is 4.74. The first kappa shape index (κ1) is 16.7. The van der Waals surface area contributed by atoms with Crippen molar-refractivity contribution in [1.29, 1.82) is 0 Å². The Kier molecular flexibility index (Phi) is 5.30. The van der Waals surface area contributed by atoms with Gasteiger partial charge in [-0.2, -0.15) is 0 Å². The van der Waals surface area contributed by atoms with Gasteiger partial charge in [-0.25, -0.2) is 4.98 Å². The molecule has 1 amide bonds. The SMILES string of the molecule is C[C@@H](NC[C@@H]1CCCn2ccnc21)C(=O)N(C)Cc1ccccc1. The Hall–Kier alpha value is -2.14. The average Bonchev–Trinajstić information content (AvgIpc) is 3.09. The van der Waals surface area contributed by atoms with E-state index in [0.29, 0.717) is 12.5 Å². The maximum Gasteiger partial charge on any atom is 0.239 e. The number of rotatable bonds is 6. The lowest BCUT2D eigenvalue weighted by Crippen LogP contribution is -2.44. The van der Waals surface area contributed by atoms with E-state index in [2.05, 4.69) is 14.9 Å². The molecule has 1 aromatic heterocycles. The van der Waals surface area contributed by atoms with Gasteiger partial charge in [-0.05, 0) is 25.3 Å². The molecule has 3 rings (SSSR count).